The van der Waals surface area contributed by atoms with E-state index in [4.69, 9.17) is 4.74 Å². The fraction of sp³-hybridized carbons (Fsp3) is 0.621. The molecule has 0 bridgehead atoms. The van der Waals surface area contributed by atoms with Gasteiger partial charge in [0.05, 0.1) is 0 Å². The Labute approximate surface area is 220 Å². The summed E-state index contributed by atoms with van der Waals surface area (Å²) in [6, 6.07) is 8.86. The lowest BCUT2D eigenvalue weighted by Gasteiger charge is -2.38. The SMILES string of the molecule is CCCC(=O)c1ccc(OC(C)(C)CCN2CCN(c3cc(=O)n(C(C)C)c(=O)n3C(C)C)CC2)cc1. The number of anilines is 1. The van der Waals surface area contributed by atoms with Gasteiger partial charge in [-0.3, -0.25) is 23.6 Å². The number of ether oxygens (including phenoxy) is 1. The number of ketones is 1. The van der Waals surface area contributed by atoms with Gasteiger partial charge in [-0.05, 0) is 78.6 Å². The molecule has 0 spiro atoms. The summed E-state index contributed by atoms with van der Waals surface area (Å²) in [5, 5.41) is 0. The van der Waals surface area contributed by atoms with Crippen molar-refractivity contribution >= 4 is 11.6 Å². The van der Waals surface area contributed by atoms with Gasteiger partial charge in [-0.25, -0.2) is 4.79 Å². The number of rotatable bonds is 11. The minimum Gasteiger partial charge on any atom is -0.488 e. The van der Waals surface area contributed by atoms with E-state index in [9.17, 15) is 14.4 Å². The standard InChI is InChI=1S/C29H44N4O4/c1-8-9-25(34)23-10-12-24(13-11-23)37-29(6,7)14-15-30-16-18-31(19-17-30)26-20-27(35)33(22(4)5)28(36)32(26)21(2)3/h10-13,20-22H,8-9,14-19H2,1-7H3. The van der Waals surface area contributed by atoms with E-state index >= 15 is 0 Å². The van der Waals surface area contributed by atoms with Crippen LogP contribution in [0.4, 0.5) is 5.82 Å². The van der Waals surface area contributed by atoms with Gasteiger partial charge < -0.3 is 9.64 Å². The van der Waals surface area contributed by atoms with E-state index in [1.165, 1.54) is 4.57 Å². The van der Waals surface area contributed by atoms with Crippen LogP contribution in [0, 0.1) is 0 Å². The van der Waals surface area contributed by atoms with Crippen molar-refractivity contribution in [2.75, 3.05) is 37.6 Å². The highest BCUT2D eigenvalue weighted by atomic mass is 16.5. The highest BCUT2D eigenvalue weighted by molar-refractivity contribution is 5.96. The largest absolute Gasteiger partial charge is 0.488 e. The molecule has 1 saturated heterocycles. The van der Waals surface area contributed by atoms with Gasteiger partial charge in [-0.15, -0.1) is 0 Å². The van der Waals surface area contributed by atoms with Crippen molar-refractivity contribution in [2.45, 2.75) is 85.4 Å². The van der Waals surface area contributed by atoms with Crippen LogP contribution < -0.4 is 20.9 Å². The lowest BCUT2D eigenvalue weighted by atomic mass is 10.0. The fourth-order valence-corrected chi connectivity index (χ4v) is 4.84. The van der Waals surface area contributed by atoms with Crippen LogP contribution in [0.5, 0.6) is 5.75 Å². The zero-order valence-electron chi connectivity index (χ0n) is 23.6. The Balaban J connectivity index is 1.59. The molecular weight excluding hydrogens is 468 g/mol. The maximum Gasteiger partial charge on any atom is 0.333 e. The average Bonchev–Trinajstić information content (AvgIpc) is 2.82. The van der Waals surface area contributed by atoms with Crippen LogP contribution in [-0.2, 0) is 0 Å². The molecule has 8 nitrogen and oxygen atoms in total. The second-order valence-electron chi connectivity index (χ2n) is 11.2. The van der Waals surface area contributed by atoms with Crippen molar-refractivity contribution in [1.82, 2.24) is 14.0 Å². The van der Waals surface area contributed by atoms with Crippen molar-refractivity contribution in [1.29, 1.82) is 0 Å². The Hall–Kier alpha value is -2.87. The number of aromatic nitrogens is 2. The summed E-state index contributed by atoms with van der Waals surface area (Å²) in [5.74, 6) is 1.65. The molecule has 0 atom stereocenters. The van der Waals surface area contributed by atoms with E-state index in [1.807, 2.05) is 58.9 Å². The molecule has 0 radical (unpaired) electrons. The van der Waals surface area contributed by atoms with Crippen molar-refractivity contribution in [2.24, 2.45) is 0 Å². The summed E-state index contributed by atoms with van der Waals surface area (Å²) in [4.78, 5) is 42.5. The van der Waals surface area contributed by atoms with E-state index in [0.29, 0.717) is 12.2 Å². The van der Waals surface area contributed by atoms with Crippen molar-refractivity contribution in [3.8, 4) is 5.75 Å². The van der Waals surface area contributed by atoms with E-state index in [1.54, 1.807) is 10.6 Å². The van der Waals surface area contributed by atoms with E-state index in [0.717, 1.165) is 56.9 Å². The van der Waals surface area contributed by atoms with Crippen LogP contribution in [0.15, 0.2) is 39.9 Å². The molecule has 1 fully saturated rings. The first kappa shape index (κ1) is 28.7. The molecule has 1 aliphatic heterocycles. The molecule has 0 aliphatic carbocycles. The van der Waals surface area contributed by atoms with Crippen LogP contribution in [0.25, 0.3) is 0 Å². The summed E-state index contributed by atoms with van der Waals surface area (Å²) in [5.41, 5.74) is -0.104. The number of nitrogens with zero attached hydrogens (tertiary/aromatic N) is 4. The van der Waals surface area contributed by atoms with Crippen molar-refractivity contribution in [3.05, 3.63) is 56.7 Å². The van der Waals surface area contributed by atoms with Crippen molar-refractivity contribution in [3.63, 3.8) is 0 Å². The zero-order valence-corrected chi connectivity index (χ0v) is 23.6. The Kier molecular flexibility index (Phi) is 9.40. The number of hydrogen-bond acceptors (Lipinski definition) is 6. The first-order valence-electron chi connectivity index (χ1n) is 13.6. The van der Waals surface area contributed by atoms with Gasteiger partial charge in [0.25, 0.3) is 5.56 Å². The van der Waals surface area contributed by atoms with Crippen LogP contribution in [0.2, 0.25) is 0 Å². The maximum absolute atomic E-state index is 13.1. The summed E-state index contributed by atoms with van der Waals surface area (Å²) < 4.78 is 9.33. The third-order valence-electron chi connectivity index (χ3n) is 6.96. The van der Waals surface area contributed by atoms with Crippen LogP contribution in [-0.4, -0.2) is 58.1 Å². The van der Waals surface area contributed by atoms with E-state index in [2.05, 4.69) is 23.6 Å². The van der Waals surface area contributed by atoms with Gasteiger partial charge in [-0.2, -0.15) is 0 Å². The van der Waals surface area contributed by atoms with Gasteiger partial charge in [-0.1, -0.05) is 6.92 Å². The highest BCUT2D eigenvalue weighted by Crippen LogP contribution is 2.23. The topological polar surface area (TPSA) is 76.8 Å². The number of Topliss-reactive ketones (excluding diaryl/α,β-unsaturated/α-hetero) is 1. The number of benzene rings is 1. The first-order chi connectivity index (χ1) is 17.4. The van der Waals surface area contributed by atoms with E-state index < -0.39 is 0 Å². The predicted molar refractivity (Wildman–Crippen MR) is 149 cm³/mol. The Morgan fingerprint density at radius 1 is 0.946 bits per heavy atom. The third kappa shape index (κ3) is 7.12. The molecule has 2 heterocycles. The van der Waals surface area contributed by atoms with Gasteiger partial charge in [0.15, 0.2) is 5.78 Å². The van der Waals surface area contributed by atoms with Crippen LogP contribution in [0.1, 0.15) is 90.2 Å². The minimum absolute atomic E-state index is 0.0390. The summed E-state index contributed by atoms with van der Waals surface area (Å²) >= 11 is 0. The second kappa shape index (κ2) is 12.1. The molecule has 2 aromatic rings. The highest BCUT2D eigenvalue weighted by Gasteiger charge is 2.26. The summed E-state index contributed by atoms with van der Waals surface area (Å²) in [6.45, 7) is 18.0. The molecule has 37 heavy (non-hydrogen) atoms. The number of carbonyl (C=O) groups excluding carboxylic acids is 1. The van der Waals surface area contributed by atoms with Gasteiger partial charge >= 0.3 is 5.69 Å². The van der Waals surface area contributed by atoms with Crippen molar-refractivity contribution < 1.29 is 9.53 Å². The lowest BCUT2D eigenvalue weighted by molar-refractivity contribution is 0.0820. The van der Waals surface area contributed by atoms with Crippen LogP contribution in [0.3, 0.4) is 0 Å². The molecule has 1 aromatic heterocycles. The molecular formula is C29H44N4O4. The van der Waals surface area contributed by atoms with Gasteiger partial charge in [0.2, 0.25) is 0 Å². The number of carbonyl (C=O) groups is 1. The number of piperazine rings is 1. The molecule has 0 saturated carbocycles. The maximum atomic E-state index is 13.1. The Bertz CT molecular complexity index is 1170. The molecule has 1 aliphatic rings. The number of hydrogen-bond donors (Lipinski definition) is 0. The third-order valence-corrected chi connectivity index (χ3v) is 6.96. The summed E-state index contributed by atoms with van der Waals surface area (Å²) in [7, 11) is 0. The molecule has 1 aromatic carbocycles. The Morgan fingerprint density at radius 3 is 2.08 bits per heavy atom. The Morgan fingerprint density at radius 2 is 1.54 bits per heavy atom. The molecule has 3 rings (SSSR count). The van der Waals surface area contributed by atoms with Gasteiger partial charge in [0, 0.05) is 62.9 Å². The minimum atomic E-state index is -0.356. The molecule has 8 heteroatoms. The second-order valence-corrected chi connectivity index (χ2v) is 11.2. The fourth-order valence-electron chi connectivity index (χ4n) is 4.84. The first-order valence-corrected chi connectivity index (χ1v) is 13.6. The van der Waals surface area contributed by atoms with E-state index in [-0.39, 0.29) is 34.7 Å². The zero-order chi connectivity index (χ0) is 27.3. The van der Waals surface area contributed by atoms with Crippen LogP contribution >= 0.6 is 0 Å². The molecule has 0 N–H and O–H groups in total. The molecule has 0 amide bonds. The van der Waals surface area contributed by atoms with Gasteiger partial charge in [0.1, 0.15) is 17.2 Å². The average molecular weight is 513 g/mol. The monoisotopic (exact) mass is 512 g/mol. The summed E-state index contributed by atoms with van der Waals surface area (Å²) in [6.07, 6.45) is 2.26. The smallest absolute Gasteiger partial charge is 0.333 e. The quantitative estimate of drug-likeness (QED) is 0.412. The molecule has 0 unspecified atom stereocenters. The lowest BCUT2D eigenvalue weighted by Crippen LogP contribution is -2.51. The predicted octanol–water partition coefficient (Wildman–Crippen LogP) is 4.52. The molecule has 204 valence electrons. The normalized spacial score (nSPS) is 15.0.